The van der Waals surface area contributed by atoms with Gasteiger partial charge in [0, 0.05) is 35.4 Å². The zero-order valence-corrected chi connectivity index (χ0v) is 14.5. The van der Waals surface area contributed by atoms with Gasteiger partial charge in [0.2, 0.25) is 0 Å². The van der Waals surface area contributed by atoms with E-state index in [0.29, 0.717) is 13.1 Å². The standard InChI is InChI=1S/C20H20N2O4/c1-26-20(25)21-10-8-14(9-11-21)22-17-5-3-2-4-15(17)16-7-6-13(19(23)24)12-18(16)22/h2-7,12,14H,8-11H2,1H3,(H,23,24). The van der Waals surface area contributed by atoms with Crippen LogP contribution in [0.25, 0.3) is 21.8 Å². The second-order valence-electron chi connectivity index (χ2n) is 6.61. The van der Waals surface area contributed by atoms with Crippen LogP contribution < -0.4 is 0 Å². The lowest BCUT2D eigenvalue weighted by Gasteiger charge is -2.32. The number of nitrogens with zero attached hydrogens (tertiary/aromatic N) is 2. The highest BCUT2D eigenvalue weighted by atomic mass is 16.5. The quantitative estimate of drug-likeness (QED) is 0.759. The van der Waals surface area contributed by atoms with E-state index in [1.165, 1.54) is 7.11 Å². The molecule has 0 bridgehead atoms. The molecule has 1 aliphatic rings. The number of aromatic carboxylic acids is 1. The summed E-state index contributed by atoms with van der Waals surface area (Å²) < 4.78 is 7.05. The van der Waals surface area contributed by atoms with E-state index in [9.17, 15) is 14.7 Å². The highest BCUT2D eigenvalue weighted by Crippen LogP contribution is 2.36. The number of aromatic nitrogens is 1. The van der Waals surface area contributed by atoms with Crippen LogP contribution in [0.1, 0.15) is 29.2 Å². The number of rotatable bonds is 2. The molecule has 0 unspecified atom stereocenters. The maximum absolute atomic E-state index is 11.7. The van der Waals surface area contributed by atoms with Crippen molar-refractivity contribution in [2.24, 2.45) is 0 Å². The van der Waals surface area contributed by atoms with E-state index >= 15 is 0 Å². The molecule has 4 rings (SSSR count). The third-order valence-electron chi connectivity index (χ3n) is 5.22. The average molecular weight is 352 g/mol. The SMILES string of the molecule is COC(=O)N1CCC(n2c3ccccc3c3ccc(C(=O)O)cc32)CC1. The van der Waals surface area contributed by atoms with Gasteiger partial charge in [-0.2, -0.15) is 0 Å². The van der Waals surface area contributed by atoms with Crippen LogP contribution in [0.15, 0.2) is 42.5 Å². The van der Waals surface area contributed by atoms with Crippen molar-refractivity contribution < 1.29 is 19.4 Å². The molecule has 1 saturated heterocycles. The van der Waals surface area contributed by atoms with E-state index in [1.807, 2.05) is 18.2 Å². The number of carbonyl (C=O) groups excluding carboxylic acids is 1. The molecule has 1 amide bonds. The molecule has 134 valence electrons. The number of hydrogen-bond acceptors (Lipinski definition) is 3. The van der Waals surface area contributed by atoms with Crippen molar-refractivity contribution >= 4 is 33.9 Å². The first-order valence-corrected chi connectivity index (χ1v) is 8.69. The fourth-order valence-corrected chi connectivity index (χ4v) is 3.96. The molecule has 1 aliphatic heterocycles. The van der Waals surface area contributed by atoms with Gasteiger partial charge in [-0.05, 0) is 31.0 Å². The molecule has 0 saturated carbocycles. The van der Waals surface area contributed by atoms with Crippen LogP contribution in [0.5, 0.6) is 0 Å². The Kier molecular flexibility index (Phi) is 4.03. The van der Waals surface area contributed by atoms with Crippen molar-refractivity contribution in [1.29, 1.82) is 0 Å². The molecular formula is C20H20N2O4. The second kappa shape index (κ2) is 6.37. The summed E-state index contributed by atoms with van der Waals surface area (Å²) >= 11 is 0. The number of amides is 1. The number of fused-ring (bicyclic) bond motifs is 3. The normalized spacial score (nSPS) is 15.5. The lowest BCUT2D eigenvalue weighted by molar-refractivity contribution is 0.0696. The number of carboxylic acids is 1. The minimum atomic E-state index is -0.927. The number of hydrogen-bond donors (Lipinski definition) is 1. The fraction of sp³-hybridized carbons (Fsp3) is 0.300. The van der Waals surface area contributed by atoms with Gasteiger partial charge in [-0.25, -0.2) is 9.59 Å². The van der Waals surface area contributed by atoms with E-state index in [-0.39, 0.29) is 17.7 Å². The number of para-hydroxylation sites is 1. The average Bonchev–Trinajstić information content (AvgIpc) is 3.01. The molecule has 0 radical (unpaired) electrons. The van der Waals surface area contributed by atoms with E-state index < -0.39 is 5.97 Å². The minimum absolute atomic E-state index is 0.211. The molecule has 6 heteroatoms. The summed E-state index contributed by atoms with van der Waals surface area (Å²) in [7, 11) is 1.40. The number of carboxylic acid groups (broad SMARTS) is 1. The largest absolute Gasteiger partial charge is 0.478 e. The number of methoxy groups -OCH3 is 1. The smallest absolute Gasteiger partial charge is 0.409 e. The monoisotopic (exact) mass is 352 g/mol. The molecule has 6 nitrogen and oxygen atoms in total. The van der Waals surface area contributed by atoms with Gasteiger partial charge in [-0.1, -0.05) is 24.3 Å². The van der Waals surface area contributed by atoms with E-state index in [2.05, 4.69) is 16.7 Å². The zero-order valence-electron chi connectivity index (χ0n) is 14.5. The lowest BCUT2D eigenvalue weighted by Crippen LogP contribution is -2.38. The summed E-state index contributed by atoms with van der Waals surface area (Å²) in [5.74, 6) is -0.927. The summed E-state index contributed by atoms with van der Waals surface area (Å²) in [5.41, 5.74) is 2.32. The zero-order chi connectivity index (χ0) is 18.3. The van der Waals surface area contributed by atoms with E-state index in [1.54, 1.807) is 17.0 Å². The Hall–Kier alpha value is -3.02. The van der Waals surface area contributed by atoms with Crippen molar-refractivity contribution in [1.82, 2.24) is 9.47 Å². The van der Waals surface area contributed by atoms with Crippen LogP contribution in [-0.4, -0.2) is 46.8 Å². The Bertz CT molecular complexity index is 1000. The highest BCUT2D eigenvalue weighted by molar-refractivity contribution is 6.09. The first-order chi connectivity index (χ1) is 12.6. The van der Waals surface area contributed by atoms with Crippen LogP contribution >= 0.6 is 0 Å². The molecule has 0 atom stereocenters. The van der Waals surface area contributed by atoms with Crippen LogP contribution in [0.3, 0.4) is 0 Å². The molecule has 26 heavy (non-hydrogen) atoms. The summed E-state index contributed by atoms with van der Waals surface area (Å²) in [6.45, 7) is 1.26. The number of likely N-dealkylation sites (tertiary alicyclic amines) is 1. The summed E-state index contributed by atoms with van der Waals surface area (Å²) in [4.78, 5) is 24.9. The molecule has 2 aromatic carbocycles. The fourth-order valence-electron chi connectivity index (χ4n) is 3.96. The number of piperidine rings is 1. The second-order valence-corrected chi connectivity index (χ2v) is 6.61. The van der Waals surface area contributed by atoms with Crippen molar-refractivity contribution in [2.75, 3.05) is 20.2 Å². The predicted molar refractivity (Wildman–Crippen MR) is 98.7 cm³/mol. The number of carbonyl (C=O) groups is 2. The van der Waals surface area contributed by atoms with Gasteiger partial charge in [-0.3, -0.25) is 0 Å². The molecular weight excluding hydrogens is 332 g/mol. The van der Waals surface area contributed by atoms with Gasteiger partial charge in [0.05, 0.1) is 18.2 Å². The summed E-state index contributed by atoms with van der Waals surface area (Å²) in [5, 5.41) is 11.6. The van der Waals surface area contributed by atoms with Gasteiger partial charge in [0.1, 0.15) is 0 Å². The first-order valence-electron chi connectivity index (χ1n) is 8.69. The minimum Gasteiger partial charge on any atom is -0.478 e. The molecule has 1 aromatic heterocycles. The number of ether oxygens (including phenoxy) is 1. The number of benzene rings is 2. The van der Waals surface area contributed by atoms with Gasteiger partial charge in [-0.15, -0.1) is 0 Å². The predicted octanol–water partition coefficient (Wildman–Crippen LogP) is 3.90. The Labute approximate surface area is 150 Å². The maximum Gasteiger partial charge on any atom is 0.409 e. The van der Waals surface area contributed by atoms with Crippen molar-refractivity contribution in [2.45, 2.75) is 18.9 Å². The molecule has 3 aromatic rings. The highest BCUT2D eigenvalue weighted by Gasteiger charge is 2.26. The maximum atomic E-state index is 11.7. The van der Waals surface area contributed by atoms with Gasteiger partial charge >= 0.3 is 12.1 Å². The Balaban J connectivity index is 1.81. The molecule has 0 aliphatic carbocycles. The van der Waals surface area contributed by atoms with E-state index in [0.717, 1.165) is 34.6 Å². The van der Waals surface area contributed by atoms with Crippen LogP contribution in [0.4, 0.5) is 4.79 Å². The third-order valence-corrected chi connectivity index (χ3v) is 5.22. The van der Waals surface area contributed by atoms with Gasteiger partial charge in [0.25, 0.3) is 0 Å². The van der Waals surface area contributed by atoms with Crippen LogP contribution in [-0.2, 0) is 4.74 Å². The molecule has 1 fully saturated rings. The van der Waals surface area contributed by atoms with Gasteiger partial charge in [0.15, 0.2) is 0 Å². The summed E-state index contributed by atoms with van der Waals surface area (Å²) in [6.07, 6.45) is 1.32. The van der Waals surface area contributed by atoms with Crippen molar-refractivity contribution in [3.63, 3.8) is 0 Å². The van der Waals surface area contributed by atoms with E-state index in [4.69, 9.17) is 4.74 Å². The molecule has 2 heterocycles. The summed E-state index contributed by atoms with van der Waals surface area (Å²) in [6, 6.07) is 13.6. The Morgan fingerprint density at radius 2 is 1.73 bits per heavy atom. The van der Waals surface area contributed by atoms with Gasteiger partial charge < -0.3 is 19.3 Å². The van der Waals surface area contributed by atoms with Crippen molar-refractivity contribution in [3.8, 4) is 0 Å². The molecule has 0 spiro atoms. The van der Waals surface area contributed by atoms with Crippen molar-refractivity contribution in [3.05, 3.63) is 48.0 Å². The van der Waals surface area contributed by atoms with Crippen LogP contribution in [0.2, 0.25) is 0 Å². The topological polar surface area (TPSA) is 71.8 Å². The third kappa shape index (κ3) is 2.58. The lowest BCUT2D eigenvalue weighted by atomic mass is 10.0. The Morgan fingerprint density at radius 1 is 1.04 bits per heavy atom. The Morgan fingerprint density at radius 3 is 2.42 bits per heavy atom. The van der Waals surface area contributed by atoms with Crippen LogP contribution in [0, 0.1) is 0 Å². The first kappa shape index (κ1) is 16.4. The molecule has 1 N–H and O–H groups in total.